The smallest absolute Gasteiger partial charge is 0.271 e. The molecule has 148 valence electrons. The molecule has 0 bridgehead atoms. The van der Waals surface area contributed by atoms with Gasteiger partial charge in [0.15, 0.2) is 11.5 Å². The topological polar surface area (TPSA) is 69.2 Å². The Morgan fingerprint density at radius 2 is 1.89 bits per heavy atom. The van der Waals surface area contributed by atoms with Crippen LogP contribution >= 0.6 is 0 Å². The van der Waals surface area contributed by atoms with Gasteiger partial charge in [0.25, 0.3) is 5.91 Å². The molecular weight excluding hydrogens is 356 g/mol. The SMILES string of the molecule is CC(C)COc1ccc(C(=O)N/N=C/C(C)Cc2ccc3c(c2)OCO3)cc1. The van der Waals surface area contributed by atoms with Gasteiger partial charge in [0.1, 0.15) is 5.75 Å². The molecule has 1 amide bonds. The Morgan fingerprint density at radius 1 is 1.14 bits per heavy atom. The Balaban J connectivity index is 1.47. The van der Waals surface area contributed by atoms with E-state index >= 15 is 0 Å². The van der Waals surface area contributed by atoms with E-state index in [4.69, 9.17) is 14.2 Å². The van der Waals surface area contributed by atoms with Gasteiger partial charge in [0.05, 0.1) is 6.61 Å². The summed E-state index contributed by atoms with van der Waals surface area (Å²) in [5.74, 6) is 2.67. The molecule has 1 aliphatic heterocycles. The molecule has 0 spiro atoms. The van der Waals surface area contributed by atoms with Gasteiger partial charge in [0, 0.05) is 11.8 Å². The minimum absolute atomic E-state index is 0.160. The van der Waals surface area contributed by atoms with E-state index in [1.165, 1.54) is 0 Å². The Morgan fingerprint density at radius 3 is 2.64 bits per heavy atom. The highest BCUT2D eigenvalue weighted by Crippen LogP contribution is 2.32. The van der Waals surface area contributed by atoms with Gasteiger partial charge in [-0.05, 0) is 60.2 Å². The maximum atomic E-state index is 12.2. The molecule has 2 aromatic rings. The van der Waals surface area contributed by atoms with Gasteiger partial charge >= 0.3 is 0 Å². The molecule has 2 aromatic carbocycles. The summed E-state index contributed by atoms with van der Waals surface area (Å²) in [5.41, 5.74) is 4.24. The van der Waals surface area contributed by atoms with Gasteiger partial charge < -0.3 is 14.2 Å². The third-order valence-corrected chi connectivity index (χ3v) is 4.19. The first-order valence-corrected chi connectivity index (χ1v) is 9.46. The molecule has 0 aliphatic carbocycles. The fourth-order valence-corrected chi connectivity index (χ4v) is 2.75. The van der Waals surface area contributed by atoms with Crippen LogP contribution in [0.2, 0.25) is 0 Å². The van der Waals surface area contributed by atoms with Crippen molar-refractivity contribution in [2.45, 2.75) is 27.2 Å². The van der Waals surface area contributed by atoms with E-state index in [9.17, 15) is 4.79 Å². The first kappa shape index (κ1) is 19.7. The first-order valence-electron chi connectivity index (χ1n) is 9.46. The van der Waals surface area contributed by atoms with Crippen molar-refractivity contribution in [1.82, 2.24) is 5.43 Å². The molecule has 0 radical (unpaired) electrons. The van der Waals surface area contributed by atoms with Crippen molar-refractivity contribution < 1.29 is 19.0 Å². The summed E-state index contributed by atoms with van der Waals surface area (Å²) in [5, 5.41) is 4.09. The van der Waals surface area contributed by atoms with Crippen LogP contribution in [-0.4, -0.2) is 25.5 Å². The fourth-order valence-electron chi connectivity index (χ4n) is 2.75. The lowest BCUT2D eigenvalue weighted by Crippen LogP contribution is -2.18. The second kappa shape index (κ2) is 9.26. The number of nitrogens with zero attached hydrogens (tertiary/aromatic N) is 1. The quantitative estimate of drug-likeness (QED) is 0.552. The summed E-state index contributed by atoms with van der Waals surface area (Å²) in [6.07, 6.45) is 2.53. The minimum atomic E-state index is -0.248. The zero-order valence-corrected chi connectivity index (χ0v) is 16.5. The number of rotatable bonds is 8. The lowest BCUT2D eigenvalue weighted by atomic mass is 10.0. The van der Waals surface area contributed by atoms with Crippen molar-refractivity contribution in [3.8, 4) is 17.2 Å². The van der Waals surface area contributed by atoms with E-state index in [1.54, 1.807) is 30.5 Å². The van der Waals surface area contributed by atoms with E-state index in [-0.39, 0.29) is 18.6 Å². The lowest BCUT2D eigenvalue weighted by Gasteiger charge is -2.09. The van der Waals surface area contributed by atoms with E-state index < -0.39 is 0 Å². The molecule has 6 nitrogen and oxygen atoms in total. The van der Waals surface area contributed by atoms with E-state index in [0.717, 1.165) is 29.2 Å². The molecule has 0 fully saturated rings. The lowest BCUT2D eigenvalue weighted by molar-refractivity contribution is 0.0955. The number of amides is 1. The molecule has 1 heterocycles. The second-order valence-corrected chi connectivity index (χ2v) is 7.32. The summed E-state index contributed by atoms with van der Waals surface area (Å²) < 4.78 is 16.3. The van der Waals surface area contributed by atoms with Crippen LogP contribution in [0.3, 0.4) is 0 Å². The highest BCUT2D eigenvalue weighted by Gasteiger charge is 2.14. The number of carbonyl (C=O) groups is 1. The van der Waals surface area contributed by atoms with Crippen molar-refractivity contribution in [2.24, 2.45) is 16.9 Å². The van der Waals surface area contributed by atoms with Gasteiger partial charge in [-0.3, -0.25) is 4.79 Å². The van der Waals surface area contributed by atoms with Gasteiger partial charge in [0.2, 0.25) is 6.79 Å². The first-order chi connectivity index (χ1) is 13.5. The van der Waals surface area contributed by atoms with Crippen molar-refractivity contribution in [1.29, 1.82) is 0 Å². The van der Waals surface area contributed by atoms with Crippen LogP contribution < -0.4 is 19.6 Å². The minimum Gasteiger partial charge on any atom is -0.493 e. The van der Waals surface area contributed by atoms with Gasteiger partial charge in [-0.1, -0.05) is 26.8 Å². The van der Waals surface area contributed by atoms with Crippen LogP contribution in [-0.2, 0) is 6.42 Å². The summed E-state index contributed by atoms with van der Waals surface area (Å²) in [7, 11) is 0. The van der Waals surface area contributed by atoms with E-state index in [1.807, 2.05) is 25.1 Å². The predicted molar refractivity (Wildman–Crippen MR) is 108 cm³/mol. The van der Waals surface area contributed by atoms with Crippen LogP contribution in [0, 0.1) is 11.8 Å². The van der Waals surface area contributed by atoms with Crippen LogP contribution in [0.25, 0.3) is 0 Å². The van der Waals surface area contributed by atoms with Gasteiger partial charge in [-0.2, -0.15) is 5.10 Å². The van der Waals surface area contributed by atoms with Crippen molar-refractivity contribution in [3.05, 3.63) is 53.6 Å². The van der Waals surface area contributed by atoms with Crippen molar-refractivity contribution >= 4 is 12.1 Å². The largest absolute Gasteiger partial charge is 0.493 e. The van der Waals surface area contributed by atoms with Crippen molar-refractivity contribution in [3.63, 3.8) is 0 Å². The molecule has 1 N–H and O–H groups in total. The molecule has 1 atom stereocenters. The Labute approximate surface area is 165 Å². The number of benzene rings is 2. The molecule has 0 saturated carbocycles. The summed E-state index contributed by atoms with van der Waals surface area (Å²) in [6, 6.07) is 13.0. The van der Waals surface area contributed by atoms with Crippen LogP contribution in [0.5, 0.6) is 17.2 Å². The maximum absolute atomic E-state index is 12.2. The Bertz CT molecular complexity index is 831. The van der Waals surface area contributed by atoms with E-state index in [2.05, 4.69) is 24.4 Å². The number of nitrogens with one attached hydrogen (secondary N) is 1. The third kappa shape index (κ3) is 5.49. The average Bonchev–Trinajstić information content (AvgIpc) is 3.14. The van der Waals surface area contributed by atoms with Crippen molar-refractivity contribution in [2.75, 3.05) is 13.4 Å². The third-order valence-electron chi connectivity index (χ3n) is 4.19. The van der Waals surface area contributed by atoms with Crippen LogP contribution in [0.1, 0.15) is 36.7 Å². The molecule has 28 heavy (non-hydrogen) atoms. The van der Waals surface area contributed by atoms with Crippen LogP contribution in [0.4, 0.5) is 0 Å². The maximum Gasteiger partial charge on any atom is 0.271 e. The standard InChI is InChI=1S/C22H26N2O4/c1-15(2)13-26-19-7-5-18(6-8-19)22(25)24-23-12-16(3)10-17-4-9-20-21(11-17)28-14-27-20/h4-9,11-12,15-16H,10,13-14H2,1-3H3,(H,24,25)/b23-12+. The average molecular weight is 382 g/mol. The Hall–Kier alpha value is -3.02. The highest BCUT2D eigenvalue weighted by atomic mass is 16.7. The zero-order valence-electron chi connectivity index (χ0n) is 16.5. The number of ether oxygens (including phenoxy) is 3. The molecular formula is C22H26N2O4. The van der Waals surface area contributed by atoms with Gasteiger partial charge in [-0.15, -0.1) is 0 Å². The predicted octanol–water partition coefficient (Wildman–Crippen LogP) is 4.04. The fraction of sp³-hybridized carbons (Fsp3) is 0.364. The number of hydrogen-bond acceptors (Lipinski definition) is 5. The molecule has 6 heteroatoms. The molecule has 0 aromatic heterocycles. The monoisotopic (exact) mass is 382 g/mol. The second-order valence-electron chi connectivity index (χ2n) is 7.32. The highest BCUT2D eigenvalue weighted by molar-refractivity contribution is 5.94. The molecule has 1 aliphatic rings. The number of fused-ring (bicyclic) bond motifs is 1. The molecule has 0 saturated heterocycles. The summed E-state index contributed by atoms with van der Waals surface area (Å²) in [6.45, 7) is 7.14. The summed E-state index contributed by atoms with van der Waals surface area (Å²) >= 11 is 0. The molecule has 1 unspecified atom stereocenters. The normalized spacial score (nSPS) is 13.7. The van der Waals surface area contributed by atoms with E-state index in [0.29, 0.717) is 18.1 Å². The van der Waals surface area contributed by atoms with Crippen LogP contribution in [0.15, 0.2) is 47.6 Å². The zero-order chi connectivity index (χ0) is 19.9. The number of hydrazone groups is 1. The Kier molecular flexibility index (Phi) is 6.53. The molecule has 3 rings (SSSR count). The number of carbonyl (C=O) groups excluding carboxylic acids is 1. The number of hydrogen-bond donors (Lipinski definition) is 1. The van der Waals surface area contributed by atoms with Gasteiger partial charge in [-0.25, -0.2) is 5.43 Å². The summed E-state index contributed by atoms with van der Waals surface area (Å²) in [4.78, 5) is 12.2.